The van der Waals surface area contributed by atoms with Crippen molar-refractivity contribution in [2.45, 2.75) is 0 Å². The quantitative estimate of drug-likeness (QED) is 0.309. The Morgan fingerprint density at radius 3 is 1.84 bits per heavy atom. The first-order valence-corrected chi connectivity index (χ1v) is 10.1. The summed E-state index contributed by atoms with van der Waals surface area (Å²) in [5.41, 5.74) is 5.57. The van der Waals surface area contributed by atoms with Gasteiger partial charge < -0.3 is 9.15 Å². The molecule has 150 valence electrons. The summed E-state index contributed by atoms with van der Waals surface area (Å²) >= 11 is 0. The summed E-state index contributed by atoms with van der Waals surface area (Å²) in [6, 6.07) is 33.6. The monoisotopic (exact) mass is 404 g/mol. The number of benzene rings is 4. The molecule has 0 bridgehead atoms. The van der Waals surface area contributed by atoms with Crippen LogP contribution in [0.1, 0.15) is 0 Å². The molecule has 0 spiro atoms. The van der Waals surface area contributed by atoms with Crippen molar-refractivity contribution in [3.8, 4) is 39.1 Å². The molecule has 4 aromatic carbocycles. The van der Waals surface area contributed by atoms with Crippen LogP contribution in [0.4, 0.5) is 0 Å². The van der Waals surface area contributed by atoms with Gasteiger partial charge in [0.2, 0.25) is 0 Å². The molecule has 3 heteroatoms. The Balaban J connectivity index is 1.85. The highest BCUT2D eigenvalue weighted by molar-refractivity contribution is 6.02. The average Bonchev–Trinajstić information content (AvgIpc) is 2.84. The van der Waals surface area contributed by atoms with Crippen LogP contribution in [-0.2, 0) is 0 Å². The predicted octanol–water partition coefficient (Wildman–Crippen LogP) is 6.80. The number of hydrogen-bond donors (Lipinski definition) is 0. The standard InChI is InChI=1S/C28H20O3/c1-30-23-15-12-21(13-16-23)27-26(20-10-6-3-7-11-20)24-18-22(19-8-4-2-5-9-19)14-17-25(24)31-28(27)29/h2-18H,1H3. The first-order valence-electron chi connectivity index (χ1n) is 10.1. The van der Waals surface area contributed by atoms with Crippen molar-refractivity contribution in [2.24, 2.45) is 0 Å². The lowest BCUT2D eigenvalue weighted by Crippen LogP contribution is -2.06. The van der Waals surface area contributed by atoms with E-state index in [4.69, 9.17) is 9.15 Å². The number of hydrogen-bond acceptors (Lipinski definition) is 3. The molecule has 0 atom stereocenters. The van der Waals surface area contributed by atoms with Crippen molar-refractivity contribution >= 4 is 11.0 Å². The molecule has 0 amide bonds. The first kappa shape index (κ1) is 18.9. The number of fused-ring (bicyclic) bond motifs is 1. The Hall–Kier alpha value is -4.11. The number of ether oxygens (including phenoxy) is 1. The lowest BCUT2D eigenvalue weighted by Gasteiger charge is -2.14. The van der Waals surface area contributed by atoms with Gasteiger partial charge in [-0.2, -0.15) is 0 Å². The average molecular weight is 404 g/mol. The Labute approximate surface area is 180 Å². The molecule has 0 N–H and O–H groups in total. The minimum absolute atomic E-state index is 0.357. The number of methoxy groups -OCH3 is 1. The fraction of sp³-hybridized carbons (Fsp3) is 0.0357. The van der Waals surface area contributed by atoms with Gasteiger partial charge in [-0.15, -0.1) is 0 Å². The van der Waals surface area contributed by atoms with Crippen LogP contribution in [0.3, 0.4) is 0 Å². The van der Waals surface area contributed by atoms with E-state index in [0.717, 1.165) is 39.0 Å². The van der Waals surface area contributed by atoms with E-state index in [1.54, 1.807) is 7.11 Å². The van der Waals surface area contributed by atoms with Gasteiger partial charge in [-0.1, -0.05) is 78.9 Å². The molecule has 0 fully saturated rings. The Morgan fingerprint density at radius 1 is 0.613 bits per heavy atom. The highest BCUT2D eigenvalue weighted by Gasteiger charge is 2.18. The third-order valence-electron chi connectivity index (χ3n) is 5.45. The summed E-state index contributed by atoms with van der Waals surface area (Å²) < 4.78 is 11.1. The van der Waals surface area contributed by atoms with Gasteiger partial charge in [0, 0.05) is 10.9 Å². The molecule has 0 saturated heterocycles. The topological polar surface area (TPSA) is 39.4 Å². The van der Waals surface area contributed by atoms with Crippen LogP contribution in [0.15, 0.2) is 112 Å². The van der Waals surface area contributed by atoms with Crippen molar-refractivity contribution in [1.29, 1.82) is 0 Å². The van der Waals surface area contributed by atoms with Crippen molar-refractivity contribution in [1.82, 2.24) is 0 Å². The highest BCUT2D eigenvalue weighted by atomic mass is 16.5. The Morgan fingerprint density at radius 2 is 1.19 bits per heavy atom. The predicted molar refractivity (Wildman–Crippen MR) is 125 cm³/mol. The summed E-state index contributed by atoms with van der Waals surface area (Å²) in [6.45, 7) is 0. The van der Waals surface area contributed by atoms with E-state index in [0.29, 0.717) is 11.1 Å². The third-order valence-corrected chi connectivity index (χ3v) is 5.45. The van der Waals surface area contributed by atoms with Crippen LogP contribution in [-0.4, -0.2) is 7.11 Å². The molecule has 0 aliphatic carbocycles. The molecular weight excluding hydrogens is 384 g/mol. The molecule has 0 aliphatic heterocycles. The van der Waals surface area contributed by atoms with E-state index in [2.05, 4.69) is 18.2 Å². The van der Waals surface area contributed by atoms with E-state index in [1.165, 1.54) is 0 Å². The van der Waals surface area contributed by atoms with Crippen molar-refractivity contribution < 1.29 is 9.15 Å². The third kappa shape index (κ3) is 3.51. The Kier molecular flexibility index (Phi) is 4.85. The van der Waals surface area contributed by atoms with Crippen LogP contribution in [0, 0.1) is 0 Å². The smallest absolute Gasteiger partial charge is 0.344 e. The fourth-order valence-corrected chi connectivity index (χ4v) is 3.94. The van der Waals surface area contributed by atoms with Crippen molar-refractivity contribution in [2.75, 3.05) is 7.11 Å². The molecule has 5 rings (SSSR count). The second kappa shape index (κ2) is 7.96. The van der Waals surface area contributed by atoms with E-state index >= 15 is 0 Å². The van der Waals surface area contributed by atoms with Gasteiger partial charge in [-0.25, -0.2) is 4.79 Å². The molecule has 5 aromatic rings. The zero-order chi connectivity index (χ0) is 21.2. The summed E-state index contributed by atoms with van der Waals surface area (Å²) in [5.74, 6) is 0.738. The maximum Gasteiger partial charge on any atom is 0.344 e. The van der Waals surface area contributed by atoms with Crippen LogP contribution in [0.25, 0.3) is 44.3 Å². The summed E-state index contributed by atoms with van der Waals surface area (Å²) in [4.78, 5) is 13.1. The Bertz CT molecular complexity index is 1400. The van der Waals surface area contributed by atoms with Gasteiger partial charge >= 0.3 is 5.63 Å². The molecule has 0 unspecified atom stereocenters. The van der Waals surface area contributed by atoms with Crippen LogP contribution >= 0.6 is 0 Å². The van der Waals surface area contributed by atoms with E-state index in [1.807, 2.05) is 84.9 Å². The normalized spacial score (nSPS) is 10.9. The summed E-state index contributed by atoms with van der Waals surface area (Å²) in [5, 5.41) is 0.901. The van der Waals surface area contributed by atoms with Gasteiger partial charge in [0.15, 0.2) is 0 Å². The van der Waals surface area contributed by atoms with Gasteiger partial charge in [-0.05, 0) is 46.5 Å². The minimum atomic E-state index is -0.357. The highest BCUT2D eigenvalue weighted by Crippen LogP contribution is 2.38. The lowest BCUT2D eigenvalue weighted by atomic mass is 9.91. The second-order valence-electron chi connectivity index (χ2n) is 7.31. The molecule has 0 radical (unpaired) electrons. The van der Waals surface area contributed by atoms with Crippen molar-refractivity contribution in [3.05, 3.63) is 114 Å². The molecular formula is C28H20O3. The number of rotatable bonds is 4. The van der Waals surface area contributed by atoms with Crippen LogP contribution in [0.5, 0.6) is 5.75 Å². The maximum atomic E-state index is 13.1. The lowest BCUT2D eigenvalue weighted by molar-refractivity contribution is 0.415. The molecule has 31 heavy (non-hydrogen) atoms. The van der Waals surface area contributed by atoms with Gasteiger partial charge in [0.25, 0.3) is 0 Å². The van der Waals surface area contributed by atoms with Crippen molar-refractivity contribution in [3.63, 3.8) is 0 Å². The van der Waals surface area contributed by atoms with Gasteiger partial charge in [0.05, 0.1) is 12.7 Å². The molecule has 1 aromatic heterocycles. The van der Waals surface area contributed by atoms with E-state index in [-0.39, 0.29) is 5.63 Å². The molecule has 0 aliphatic rings. The second-order valence-corrected chi connectivity index (χ2v) is 7.31. The van der Waals surface area contributed by atoms with Crippen LogP contribution in [0.2, 0.25) is 0 Å². The minimum Gasteiger partial charge on any atom is -0.497 e. The van der Waals surface area contributed by atoms with E-state index < -0.39 is 0 Å². The zero-order valence-electron chi connectivity index (χ0n) is 17.0. The summed E-state index contributed by atoms with van der Waals surface area (Å²) in [7, 11) is 1.62. The maximum absolute atomic E-state index is 13.1. The largest absolute Gasteiger partial charge is 0.497 e. The zero-order valence-corrected chi connectivity index (χ0v) is 17.0. The summed E-state index contributed by atoms with van der Waals surface area (Å²) in [6.07, 6.45) is 0. The van der Waals surface area contributed by atoms with Gasteiger partial charge in [-0.3, -0.25) is 0 Å². The van der Waals surface area contributed by atoms with Gasteiger partial charge in [0.1, 0.15) is 11.3 Å². The fourth-order valence-electron chi connectivity index (χ4n) is 3.94. The SMILES string of the molecule is COc1ccc(-c2c(-c3ccccc3)c3cc(-c4ccccc4)ccc3oc2=O)cc1. The molecule has 0 saturated carbocycles. The van der Waals surface area contributed by atoms with Crippen LogP contribution < -0.4 is 10.4 Å². The first-order chi connectivity index (χ1) is 15.2. The molecule has 3 nitrogen and oxygen atoms in total. The molecule has 1 heterocycles. The van der Waals surface area contributed by atoms with E-state index in [9.17, 15) is 4.79 Å².